The molecule has 7 heteroatoms. The van der Waals surface area contributed by atoms with Crippen LogP contribution in [0.4, 0.5) is 10.1 Å². The van der Waals surface area contributed by atoms with Gasteiger partial charge in [-0.3, -0.25) is 10.1 Å². The van der Waals surface area contributed by atoms with Crippen molar-refractivity contribution < 1.29 is 19.2 Å². The summed E-state index contributed by atoms with van der Waals surface area (Å²) in [6.45, 7) is 1.76. The van der Waals surface area contributed by atoms with E-state index in [1.807, 2.05) is 0 Å². The minimum Gasteiger partial charge on any atom is -0.478 e. The quantitative estimate of drug-likeness (QED) is 0.684. The maximum Gasteiger partial charge on any atom is 0.335 e. The average Bonchev–Trinajstić information content (AvgIpc) is 2.40. The summed E-state index contributed by atoms with van der Waals surface area (Å²) in [5, 5.41) is 19.9. The summed E-state index contributed by atoms with van der Waals surface area (Å²) in [6.07, 6.45) is 0. The highest BCUT2D eigenvalue weighted by atomic mass is 32.2. The van der Waals surface area contributed by atoms with Gasteiger partial charge in [0.1, 0.15) is 5.82 Å². The van der Waals surface area contributed by atoms with Crippen molar-refractivity contribution in [1.82, 2.24) is 0 Å². The van der Waals surface area contributed by atoms with Gasteiger partial charge in [-0.15, -0.1) is 0 Å². The molecule has 0 spiro atoms. The van der Waals surface area contributed by atoms with Crippen LogP contribution in [0.3, 0.4) is 0 Å². The van der Waals surface area contributed by atoms with Crippen LogP contribution in [0.15, 0.2) is 46.2 Å². The maximum atomic E-state index is 13.8. The lowest BCUT2D eigenvalue weighted by Crippen LogP contribution is -1.97. The van der Waals surface area contributed by atoms with E-state index >= 15 is 0 Å². The predicted molar refractivity (Wildman–Crippen MR) is 75.3 cm³/mol. The molecule has 0 fully saturated rings. The zero-order valence-electron chi connectivity index (χ0n) is 10.9. The topological polar surface area (TPSA) is 80.4 Å². The molecular weight excluding hydrogens is 297 g/mol. The fourth-order valence-electron chi connectivity index (χ4n) is 1.69. The molecule has 0 radical (unpaired) electrons. The van der Waals surface area contributed by atoms with Crippen LogP contribution in [-0.4, -0.2) is 16.0 Å². The summed E-state index contributed by atoms with van der Waals surface area (Å²) >= 11 is 0.835. The number of aryl methyl sites for hydroxylation is 1. The second-order valence-corrected chi connectivity index (χ2v) is 5.36. The van der Waals surface area contributed by atoms with Crippen molar-refractivity contribution in [2.24, 2.45) is 0 Å². The first kappa shape index (κ1) is 15.0. The molecule has 0 amide bonds. The van der Waals surface area contributed by atoms with Crippen LogP contribution < -0.4 is 0 Å². The fourth-order valence-corrected chi connectivity index (χ4v) is 2.77. The zero-order valence-corrected chi connectivity index (χ0v) is 11.7. The monoisotopic (exact) mass is 307 g/mol. The molecule has 0 aliphatic carbocycles. The van der Waals surface area contributed by atoms with E-state index in [4.69, 9.17) is 5.11 Å². The molecule has 108 valence electrons. The Bertz CT molecular complexity index is 733. The molecular formula is C14H10FNO4S. The van der Waals surface area contributed by atoms with E-state index in [1.165, 1.54) is 6.07 Å². The van der Waals surface area contributed by atoms with Crippen LogP contribution in [0.1, 0.15) is 15.9 Å². The van der Waals surface area contributed by atoms with E-state index in [0.29, 0.717) is 0 Å². The molecule has 0 aliphatic heterocycles. The van der Waals surface area contributed by atoms with Gasteiger partial charge < -0.3 is 5.11 Å². The van der Waals surface area contributed by atoms with Crippen molar-refractivity contribution in [2.75, 3.05) is 0 Å². The van der Waals surface area contributed by atoms with Crippen LogP contribution in [0.2, 0.25) is 0 Å². The number of aromatic carboxylic acids is 1. The lowest BCUT2D eigenvalue weighted by atomic mass is 10.2. The van der Waals surface area contributed by atoms with E-state index in [2.05, 4.69) is 0 Å². The third kappa shape index (κ3) is 3.38. The Morgan fingerprint density at radius 2 is 1.95 bits per heavy atom. The molecule has 0 saturated heterocycles. The lowest BCUT2D eigenvalue weighted by molar-refractivity contribution is -0.387. The highest BCUT2D eigenvalue weighted by molar-refractivity contribution is 7.99. The second-order valence-electron chi connectivity index (χ2n) is 4.28. The molecule has 0 saturated carbocycles. The van der Waals surface area contributed by atoms with Gasteiger partial charge in [-0.1, -0.05) is 17.8 Å². The highest BCUT2D eigenvalue weighted by Gasteiger charge is 2.17. The molecule has 0 heterocycles. The summed E-state index contributed by atoms with van der Waals surface area (Å²) in [7, 11) is 0. The minimum absolute atomic E-state index is 0.0311. The summed E-state index contributed by atoms with van der Waals surface area (Å²) in [5.41, 5.74) is 0.567. The van der Waals surface area contributed by atoms with Crippen LogP contribution in [0, 0.1) is 22.9 Å². The number of carboxylic acids is 1. The fraction of sp³-hybridized carbons (Fsp3) is 0.0714. The van der Waals surface area contributed by atoms with Crippen LogP contribution in [0.5, 0.6) is 0 Å². The van der Waals surface area contributed by atoms with Gasteiger partial charge in [0.25, 0.3) is 5.69 Å². The first-order chi connectivity index (χ1) is 9.88. The maximum absolute atomic E-state index is 13.8. The minimum atomic E-state index is -1.18. The molecule has 0 bridgehead atoms. The normalized spacial score (nSPS) is 10.4. The number of benzene rings is 2. The number of rotatable bonds is 4. The van der Waals surface area contributed by atoms with E-state index < -0.39 is 16.7 Å². The Morgan fingerprint density at radius 1 is 1.24 bits per heavy atom. The van der Waals surface area contributed by atoms with Crippen molar-refractivity contribution in [3.8, 4) is 0 Å². The van der Waals surface area contributed by atoms with Gasteiger partial charge in [0.05, 0.1) is 15.4 Å². The molecule has 0 unspecified atom stereocenters. The molecule has 2 aromatic carbocycles. The Morgan fingerprint density at radius 3 is 2.57 bits per heavy atom. The van der Waals surface area contributed by atoms with E-state index in [0.717, 1.165) is 35.5 Å². The summed E-state index contributed by atoms with van der Waals surface area (Å²) in [4.78, 5) is 21.6. The second kappa shape index (κ2) is 5.92. The molecule has 0 aromatic heterocycles. The number of carboxylic acid groups (broad SMARTS) is 1. The molecule has 0 atom stereocenters. The van der Waals surface area contributed by atoms with Gasteiger partial charge in [0.15, 0.2) is 0 Å². The number of nitrogens with zero attached hydrogens (tertiary/aromatic N) is 1. The summed E-state index contributed by atoms with van der Waals surface area (Å²) in [6, 6.07) is 7.84. The predicted octanol–water partition coefficient (Wildman–Crippen LogP) is 3.89. The highest BCUT2D eigenvalue weighted by Crippen LogP contribution is 2.37. The Hall–Kier alpha value is -2.41. The summed E-state index contributed by atoms with van der Waals surface area (Å²) < 4.78 is 13.8. The van der Waals surface area contributed by atoms with Gasteiger partial charge in [0, 0.05) is 11.0 Å². The van der Waals surface area contributed by atoms with Crippen molar-refractivity contribution in [2.45, 2.75) is 16.7 Å². The third-order valence-corrected chi connectivity index (χ3v) is 3.79. The molecule has 2 aromatic rings. The van der Waals surface area contributed by atoms with Crippen molar-refractivity contribution >= 4 is 23.4 Å². The largest absolute Gasteiger partial charge is 0.478 e. The van der Waals surface area contributed by atoms with Crippen molar-refractivity contribution in [3.63, 3.8) is 0 Å². The number of nitro benzene ring substituents is 1. The van der Waals surface area contributed by atoms with Gasteiger partial charge in [-0.25, -0.2) is 9.18 Å². The van der Waals surface area contributed by atoms with E-state index in [1.54, 1.807) is 19.1 Å². The smallest absolute Gasteiger partial charge is 0.335 e. The summed E-state index contributed by atoms with van der Waals surface area (Å²) in [5.74, 6) is -1.81. The molecule has 1 N–H and O–H groups in total. The number of hydrogen-bond acceptors (Lipinski definition) is 4. The van der Waals surface area contributed by atoms with Crippen molar-refractivity contribution in [1.29, 1.82) is 0 Å². The van der Waals surface area contributed by atoms with Gasteiger partial charge in [-0.05, 0) is 36.8 Å². The standard InChI is InChI=1S/C14H10FNO4S/c1-8-2-5-11(16(19)20)13(6-8)21-12-7-9(14(17)18)3-4-10(12)15/h2-7H,1H3,(H,17,18). The van der Waals surface area contributed by atoms with E-state index in [9.17, 15) is 19.3 Å². The number of nitro groups is 1. The van der Waals surface area contributed by atoms with Gasteiger partial charge in [0.2, 0.25) is 0 Å². The first-order valence-corrected chi connectivity index (χ1v) is 6.66. The van der Waals surface area contributed by atoms with Crippen molar-refractivity contribution in [3.05, 3.63) is 63.5 Å². The van der Waals surface area contributed by atoms with Crippen LogP contribution in [-0.2, 0) is 0 Å². The number of halogens is 1. The van der Waals surface area contributed by atoms with Gasteiger partial charge in [-0.2, -0.15) is 0 Å². The Kier molecular flexibility index (Phi) is 4.23. The first-order valence-electron chi connectivity index (χ1n) is 5.84. The molecule has 21 heavy (non-hydrogen) atoms. The molecule has 5 nitrogen and oxygen atoms in total. The van der Waals surface area contributed by atoms with Crippen LogP contribution in [0.25, 0.3) is 0 Å². The molecule has 0 aliphatic rings. The van der Waals surface area contributed by atoms with E-state index in [-0.39, 0.29) is 21.0 Å². The van der Waals surface area contributed by atoms with Gasteiger partial charge >= 0.3 is 5.97 Å². The number of hydrogen-bond donors (Lipinski definition) is 1. The lowest BCUT2D eigenvalue weighted by Gasteiger charge is -2.06. The number of carbonyl (C=O) groups is 1. The Labute approximate surface area is 123 Å². The Balaban J connectivity index is 2.47. The average molecular weight is 307 g/mol. The van der Waals surface area contributed by atoms with Crippen LogP contribution >= 0.6 is 11.8 Å². The molecule has 2 rings (SSSR count). The zero-order chi connectivity index (χ0) is 15.6. The SMILES string of the molecule is Cc1ccc([N+](=O)[O-])c(Sc2cc(C(=O)O)ccc2F)c1. The third-order valence-electron chi connectivity index (χ3n) is 2.71.